The summed E-state index contributed by atoms with van der Waals surface area (Å²) in [6.45, 7) is 4.69. The van der Waals surface area contributed by atoms with Gasteiger partial charge in [0.15, 0.2) is 0 Å². The second-order valence-corrected chi connectivity index (χ2v) is 4.88. The molecule has 3 unspecified atom stereocenters. The average molecular weight is 242 g/mol. The molecule has 0 saturated carbocycles. The van der Waals surface area contributed by atoms with E-state index in [1.165, 1.54) is 0 Å². The van der Waals surface area contributed by atoms with Crippen molar-refractivity contribution in [3.63, 3.8) is 0 Å². The molecule has 1 amide bonds. The largest absolute Gasteiger partial charge is 0.377 e. The van der Waals surface area contributed by atoms with Crippen molar-refractivity contribution in [3.05, 3.63) is 0 Å². The van der Waals surface area contributed by atoms with Crippen molar-refractivity contribution in [1.29, 1.82) is 0 Å². The minimum Gasteiger partial charge on any atom is -0.377 e. The van der Waals surface area contributed by atoms with E-state index in [0.717, 1.165) is 32.4 Å². The Morgan fingerprint density at radius 1 is 1.47 bits per heavy atom. The van der Waals surface area contributed by atoms with Crippen LogP contribution in [-0.2, 0) is 14.3 Å². The van der Waals surface area contributed by atoms with Gasteiger partial charge in [-0.2, -0.15) is 0 Å². The third-order valence-corrected chi connectivity index (χ3v) is 3.41. The highest BCUT2D eigenvalue weighted by Crippen LogP contribution is 2.21. The van der Waals surface area contributed by atoms with Gasteiger partial charge in [-0.1, -0.05) is 0 Å². The van der Waals surface area contributed by atoms with E-state index in [-0.39, 0.29) is 24.2 Å². The number of hydrogen-bond acceptors (Lipinski definition) is 4. The van der Waals surface area contributed by atoms with Crippen molar-refractivity contribution < 1.29 is 14.3 Å². The number of rotatable bonds is 2. The van der Waals surface area contributed by atoms with Crippen LogP contribution in [0.15, 0.2) is 0 Å². The van der Waals surface area contributed by atoms with Crippen LogP contribution < -0.4 is 5.73 Å². The molecule has 2 aliphatic rings. The summed E-state index contributed by atoms with van der Waals surface area (Å²) in [5.74, 6) is 0.110. The van der Waals surface area contributed by atoms with Gasteiger partial charge < -0.3 is 20.1 Å². The Kier molecular flexibility index (Phi) is 4.36. The van der Waals surface area contributed by atoms with Crippen LogP contribution in [0.2, 0.25) is 0 Å². The van der Waals surface area contributed by atoms with E-state index < -0.39 is 0 Å². The number of hydrogen-bond donors (Lipinski definition) is 1. The first kappa shape index (κ1) is 12.8. The molecule has 98 valence electrons. The van der Waals surface area contributed by atoms with Gasteiger partial charge in [-0.3, -0.25) is 4.79 Å². The van der Waals surface area contributed by atoms with Gasteiger partial charge in [0.05, 0.1) is 12.2 Å². The molecule has 2 heterocycles. The van der Waals surface area contributed by atoms with Crippen LogP contribution in [-0.4, -0.2) is 55.4 Å². The molecule has 2 saturated heterocycles. The van der Waals surface area contributed by atoms with Gasteiger partial charge >= 0.3 is 0 Å². The Labute approximate surface area is 102 Å². The fourth-order valence-corrected chi connectivity index (χ4v) is 2.46. The Balaban J connectivity index is 1.90. The van der Waals surface area contributed by atoms with Gasteiger partial charge in [0.25, 0.3) is 5.91 Å². The molecule has 2 N–H and O–H groups in total. The summed E-state index contributed by atoms with van der Waals surface area (Å²) in [7, 11) is 0. The van der Waals surface area contributed by atoms with Crippen molar-refractivity contribution in [3.8, 4) is 0 Å². The maximum absolute atomic E-state index is 12.3. The lowest BCUT2D eigenvalue weighted by Gasteiger charge is -2.25. The molecule has 0 aromatic carbocycles. The first-order valence-corrected chi connectivity index (χ1v) is 6.46. The molecule has 2 aliphatic heterocycles. The van der Waals surface area contributed by atoms with Crippen molar-refractivity contribution >= 4 is 5.91 Å². The van der Waals surface area contributed by atoms with Gasteiger partial charge in [-0.15, -0.1) is 0 Å². The fourth-order valence-electron chi connectivity index (χ4n) is 2.46. The molecule has 17 heavy (non-hydrogen) atoms. The molecule has 0 aromatic rings. The third-order valence-electron chi connectivity index (χ3n) is 3.41. The lowest BCUT2D eigenvalue weighted by molar-refractivity contribution is -0.143. The quantitative estimate of drug-likeness (QED) is 0.747. The highest BCUT2D eigenvalue weighted by atomic mass is 16.5. The molecule has 0 aliphatic carbocycles. The van der Waals surface area contributed by atoms with Crippen LogP contribution in [0.4, 0.5) is 0 Å². The normalized spacial score (nSPS) is 34.7. The van der Waals surface area contributed by atoms with Crippen LogP contribution in [0.1, 0.15) is 26.2 Å². The van der Waals surface area contributed by atoms with Crippen molar-refractivity contribution in [2.75, 3.05) is 26.2 Å². The molecule has 0 spiro atoms. The molecule has 0 aromatic heterocycles. The maximum atomic E-state index is 12.3. The molecule has 0 bridgehead atoms. The Morgan fingerprint density at radius 3 is 3.00 bits per heavy atom. The van der Waals surface area contributed by atoms with Gasteiger partial charge in [-0.25, -0.2) is 0 Å². The topological polar surface area (TPSA) is 64.8 Å². The molecule has 5 nitrogen and oxygen atoms in total. The van der Waals surface area contributed by atoms with E-state index >= 15 is 0 Å². The average Bonchev–Trinajstić information content (AvgIpc) is 2.71. The van der Waals surface area contributed by atoms with Gasteiger partial charge in [0, 0.05) is 26.2 Å². The van der Waals surface area contributed by atoms with Crippen LogP contribution in [0.3, 0.4) is 0 Å². The molecule has 2 rings (SSSR count). The van der Waals surface area contributed by atoms with E-state index in [1.54, 1.807) is 0 Å². The van der Waals surface area contributed by atoms with Gasteiger partial charge in [0.1, 0.15) is 6.10 Å². The van der Waals surface area contributed by atoms with Gasteiger partial charge in [0.2, 0.25) is 0 Å². The van der Waals surface area contributed by atoms with Crippen LogP contribution in [0.5, 0.6) is 0 Å². The molecule has 2 fully saturated rings. The number of carbonyl (C=O) groups is 1. The summed E-state index contributed by atoms with van der Waals surface area (Å²) in [5, 5.41) is 0. The zero-order chi connectivity index (χ0) is 12.3. The summed E-state index contributed by atoms with van der Waals surface area (Å²) in [4.78, 5) is 14.1. The Morgan fingerprint density at radius 2 is 2.29 bits per heavy atom. The molecule has 5 heteroatoms. The highest BCUT2D eigenvalue weighted by molar-refractivity contribution is 5.81. The van der Waals surface area contributed by atoms with Crippen LogP contribution >= 0.6 is 0 Å². The maximum Gasteiger partial charge on any atom is 0.251 e. The number of carbonyl (C=O) groups excluding carboxylic acids is 1. The minimum atomic E-state index is -0.283. The second kappa shape index (κ2) is 5.80. The summed E-state index contributed by atoms with van der Waals surface area (Å²) in [6.07, 6.45) is 2.49. The van der Waals surface area contributed by atoms with E-state index in [1.807, 2.05) is 11.8 Å². The molecular weight excluding hydrogens is 220 g/mol. The summed E-state index contributed by atoms with van der Waals surface area (Å²) in [5.41, 5.74) is 5.55. The molecular formula is C12H22N2O3. The van der Waals surface area contributed by atoms with Crippen LogP contribution in [0.25, 0.3) is 0 Å². The van der Waals surface area contributed by atoms with Crippen molar-refractivity contribution in [1.82, 2.24) is 4.90 Å². The summed E-state index contributed by atoms with van der Waals surface area (Å²) >= 11 is 0. The van der Waals surface area contributed by atoms with E-state index in [0.29, 0.717) is 13.1 Å². The minimum absolute atomic E-state index is 0.0598. The van der Waals surface area contributed by atoms with Crippen molar-refractivity contribution in [2.45, 2.75) is 44.5 Å². The standard InChI is InChI=1S/C12H22N2O3/c1-9-8-14(5-2-6-16-9)12(15)11-4-3-10(7-13)17-11/h9-11H,2-8,13H2,1H3. The zero-order valence-corrected chi connectivity index (χ0v) is 10.4. The third kappa shape index (κ3) is 3.18. The highest BCUT2D eigenvalue weighted by Gasteiger charge is 2.33. The summed E-state index contributed by atoms with van der Waals surface area (Å²) in [6, 6.07) is 0. The van der Waals surface area contributed by atoms with E-state index in [4.69, 9.17) is 15.2 Å². The lowest BCUT2D eigenvalue weighted by atomic mass is 10.1. The number of amides is 1. The number of ether oxygens (including phenoxy) is 2. The van der Waals surface area contributed by atoms with E-state index in [9.17, 15) is 4.79 Å². The first-order valence-electron chi connectivity index (χ1n) is 6.46. The molecule has 0 radical (unpaired) electrons. The smallest absolute Gasteiger partial charge is 0.251 e. The summed E-state index contributed by atoms with van der Waals surface area (Å²) < 4.78 is 11.2. The second-order valence-electron chi connectivity index (χ2n) is 4.88. The monoisotopic (exact) mass is 242 g/mol. The predicted octanol–water partition coefficient (Wildman–Crippen LogP) is 0.130. The Bertz CT molecular complexity index is 272. The zero-order valence-electron chi connectivity index (χ0n) is 10.4. The Hall–Kier alpha value is -0.650. The number of nitrogens with two attached hydrogens (primary N) is 1. The fraction of sp³-hybridized carbons (Fsp3) is 0.917. The first-order chi connectivity index (χ1) is 8.20. The van der Waals surface area contributed by atoms with Crippen LogP contribution in [0, 0.1) is 0 Å². The SMILES string of the molecule is CC1CN(C(=O)C2CCC(CN)O2)CCCO1. The van der Waals surface area contributed by atoms with E-state index in [2.05, 4.69) is 0 Å². The number of nitrogens with zero attached hydrogens (tertiary/aromatic N) is 1. The van der Waals surface area contributed by atoms with Gasteiger partial charge in [-0.05, 0) is 26.2 Å². The predicted molar refractivity (Wildman–Crippen MR) is 63.6 cm³/mol. The van der Waals surface area contributed by atoms with Crippen molar-refractivity contribution in [2.24, 2.45) is 5.73 Å². The molecule has 3 atom stereocenters. The lowest BCUT2D eigenvalue weighted by Crippen LogP contribution is -2.42.